The van der Waals surface area contributed by atoms with Crippen LogP contribution < -0.4 is 4.72 Å². The van der Waals surface area contributed by atoms with Gasteiger partial charge in [-0.1, -0.05) is 12.1 Å². The first-order valence-electron chi connectivity index (χ1n) is 5.87. The summed E-state index contributed by atoms with van der Waals surface area (Å²) in [5.74, 6) is 0. The predicted octanol–water partition coefficient (Wildman–Crippen LogP) is 2.36. The molecule has 1 N–H and O–H groups in total. The van der Waals surface area contributed by atoms with Crippen molar-refractivity contribution < 1.29 is 8.42 Å². The first-order chi connectivity index (χ1) is 9.44. The van der Waals surface area contributed by atoms with Crippen molar-refractivity contribution in [3.05, 3.63) is 45.9 Å². The number of thiazole rings is 1. The molecule has 5 nitrogen and oxygen atoms in total. The lowest BCUT2D eigenvalue weighted by Crippen LogP contribution is -2.27. The minimum Gasteiger partial charge on any atom is -0.245 e. The molecular formula is C13H13N3O2S2. The van der Waals surface area contributed by atoms with E-state index in [1.165, 1.54) is 23.5 Å². The van der Waals surface area contributed by atoms with Gasteiger partial charge in [-0.15, -0.1) is 11.3 Å². The molecule has 2 aromatic rings. The van der Waals surface area contributed by atoms with Crippen LogP contribution >= 0.6 is 11.3 Å². The Labute approximate surface area is 122 Å². The van der Waals surface area contributed by atoms with E-state index in [4.69, 9.17) is 5.26 Å². The summed E-state index contributed by atoms with van der Waals surface area (Å²) in [5, 5.41) is 11.5. The lowest BCUT2D eigenvalue weighted by atomic mass is 10.2. The predicted molar refractivity (Wildman–Crippen MR) is 76.7 cm³/mol. The maximum atomic E-state index is 12.3. The van der Waals surface area contributed by atoms with Crippen molar-refractivity contribution in [1.29, 1.82) is 5.26 Å². The second kappa shape index (κ2) is 5.71. The molecule has 2 rings (SSSR count). The zero-order valence-corrected chi connectivity index (χ0v) is 12.6. The number of aryl methyl sites for hydroxylation is 1. The number of sulfonamides is 1. The van der Waals surface area contributed by atoms with E-state index in [-0.39, 0.29) is 10.5 Å². The van der Waals surface area contributed by atoms with E-state index in [9.17, 15) is 8.42 Å². The first kappa shape index (κ1) is 14.7. The molecule has 0 saturated heterocycles. The van der Waals surface area contributed by atoms with E-state index in [0.717, 1.165) is 5.69 Å². The molecule has 0 aliphatic rings. The number of hydrogen-bond donors (Lipinski definition) is 1. The molecule has 0 spiro atoms. The van der Waals surface area contributed by atoms with Crippen LogP contribution in [0.5, 0.6) is 0 Å². The molecule has 0 amide bonds. The van der Waals surface area contributed by atoms with Gasteiger partial charge in [0.15, 0.2) is 0 Å². The van der Waals surface area contributed by atoms with Gasteiger partial charge in [0.2, 0.25) is 10.0 Å². The summed E-state index contributed by atoms with van der Waals surface area (Å²) in [6.45, 7) is 3.58. The van der Waals surface area contributed by atoms with Crippen LogP contribution in [-0.2, 0) is 10.0 Å². The van der Waals surface area contributed by atoms with Gasteiger partial charge in [0.05, 0.1) is 16.5 Å². The van der Waals surface area contributed by atoms with E-state index >= 15 is 0 Å². The zero-order valence-electron chi connectivity index (χ0n) is 11.0. The number of nitriles is 1. The Kier molecular flexibility index (Phi) is 4.18. The fourth-order valence-electron chi connectivity index (χ4n) is 1.71. The molecule has 20 heavy (non-hydrogen) atoms. The average molecular weight is 307 g/mol. The Balaban J connectivity index is 2.30. The normalized spacial score (nSPS) is 12.8. The molecule has 104 valence electrons. The maximum absolute atomic E-state index is 12.3. The van der Waals surface area contributed by atoms with Crippen molar-refractivity contribution in [3.8, 4) is 6.07 Å². The summed E-state index contributed by atoms with van der Waals surface area (Å²) in [5.41, 5.74) is 0.982. The molecule has 1 heterocycles. The summed E-state index contributed by atoms with van der Waals surface area (Å²) in [6.07, 6.45) is 0. The summed E-state index contributed by atoms with van der Waals surface area (Å²) in [7, 11) is -3.75. The van der Waals surface area contributed by atoms with Crippen LogP contribution in [0.2, 0.25) is 0 Å². The third-order valence-electron chi connectivity index (χ3n) is 2.64. The Bertz CT molecular complexity index is 760. The van der Waals surface area contributed by atoms with E-state index in [2.05, 4.69) is 9.71 Å². The molecule has 7 heteroatoms. The Hall–Kier alpha value is -1.75. The van der Waals surface area contributed by atoms with Crippen molar-refractivity contribution in [3.63, 3.8) is 0 Å². The number of benzene rings is 1. The molecule has 0 bridgehead atoms. The standard InChI is InChI=1S/C13H13N3O2S2/c1-9-8-19-13(15-9)10(2)16-20(17,18)12-6-4-3-5-11(12)7-14/h3-6,8,10,16H,1-2H3. The Morgan fingerprint density at radius 1 is 1.40 bits per heavy atom. The van der Waals surface area contributed by atoms with Gasteiger partial charge in [0.1, 0.15) is 11.1 Å². The number of rotatable bonds is 4. The van der Waals surface area contributed by atoms with Gasteiger partial charge in [-0.05, 0) is 26.0 Å². The zero-order chi connectivity index (χ0) is 14.8. The highest BCUT2D eigenvalue weighted by Crippen LogP contribution is 2.21. The highest BCUT2D eigenvalue weighted by atomic mass is 32.2. The largest absolute Gasteiger partial charge is 0.245 e. The molecule has 0 saturated carbocycles. The number of hydrogen-bond acceptors (Lipinski definition) is 5. The van der Waals surface area contributed by atoms with Gasteiger partial charge in [0, 0.05) is 11.1 Å². The van der Waals surface area contributed by atoms with Crippen molar-refractivity contribution in [2.75, 3.05) is 0 Å². The van der Waals surface area contributed by atoms with Crippen molar-refractivity contribution in [2.24, 2.45) is 0 Å². The molecule has 1 unspecified atom stereocenters. The topological polar surface area (TPSA) is 82.9 Å². The van der Waals surface area contributed by atoms with Crippen LogP contribution in [-0.4, -0.2) is 13.4 Å². The van der Waals surface area contributed by atoms with Crippen LogP contribution in [0.1, 0.15) is 29.2 Å². The first-order valence-corrected chi connectivity index (χ1v) is 8.24. The summed E-state index contributed by atoms with van der Waals surface area (Å²) in [4.78, 5) is 4.25. The summed E-state index contributed by atoms with van der Waals surface area (Å²) in [6, 6.07) is 7.56. The van der Waals surface area contributed by atoms with Gasteiger partial charge in [0.25, 0.3) is 0 Å². The van der Waals surface area contributed by atoms with Crippen LogP contribution in [0.3, 0.4) is 0 Å². The van der Waals surface area contributed by atoms with Crippen molar-refractivity contribution >= 4 is 21.4 Å². The van der Waals surface area contributed by atoms with Crippen LogP contribution in [0, 0.1) is 18.3 Å². The van der Waals surface area contributed by atoms with Crippen LogP contribution in [0.4, 0.5) is 0 Å². The van der Waals surface area contributed by atoms with Gasteiger partial charge >= 0.3 is 0 Å². The van der Waals surface area contributed by atoms with E-state index in [1.807, 2.05) is 18.4 Å². The molecular weight excluding hydrogens is 294 g/mol. The fourth-order valence-corrected chi connectivity index (χ4v) is 3.95. The monoisotopic (exact) mass is 307 g/mol. The number of nitrogens with zero attached hydrogens (tertiary/aromatic N) is 2. The highest BCUT2D eigenvalue weighted by Gasteiger charge is 2.22. The number of aromatic nitrogens is 1. The number of nitrogens with one attached hydrogen (secondary N) is 1. The van der Waals surface area contributed by atoms with Crippen LogP contribution in [0.25, 0.3) is 0 Å². The quantitative estimate of drug-likeness (QED) is 0.940. The smallest absolute Gasteiger partial charge is 0.242 e. The van der Waals surface area contributed by atoms with Gasteiger partial charge in [-0.3, -0.25) is 0 Å². The highest BCUT2D eigenvalue weighted by molar-refractivity contribution is 7.89. The van der Waals surface area contributed by atoms with Gasteiger partial charge in [-0.2, -0.15) is 5.26 Å². The molecule has 0 aliphatic heterocycles. The van der Waals surface area contributed by atoms with E-state index in [1.54, 1.807) is 19.1 Å². The van der Waals surface area contributed by atoms with Crippen molar-refractivity contribution in [2.45, 2.75) is 24.8 Å². The van der Waals surface area contributed by atoms with E-state index in [0.29, 0.717) is 5.01 Å². The SMILES string of the molecule is Cc1csc(C(C)NS(=O)(=O)c2ccccc2C#N)n1. The lowest BCUT2D eigenvalue weighted by molar-refractivity contribution is 0.566. The minimum atomic E-state index is -3.75. The molecule has 0 aliphatic carbocycles. The Morgan fingerprint density at radius 2 is 2.10 bits per heavy atom. The second-order valence-electron chi connectivity index (χ2n) is 4.28. The summed E-state index contributed by atoms with van der Waals surface area (Å²) < 4.78 is 27.2. The molecule has 1 aromatic carbocycles. The average Bonchev–Trinajstić information content (AvgIpc) is 2.85. The molecule has 1 atom stereocenters. The molecule has 0 radical (unpaired) electrons. The van der Waals surface area contributed by atoms with Crippen LogP contribution in [0.15, 0.2) is 34.5 Å². The fraction of sp³-hybridized carbons (Fsp3) is 0.231. The van der Waals surface area contributed by atoms with E-state index < -0.39 is 16.1 Å². The minimum absolute atomic E-state index is 0.0115. The lowest BCUT2D eigenvalue weighted by Gasteiger charge is -2.12. The Morgan fingerprint density at radius 3 is 2.70 bits per heavy atom. The third kappa shape index (κ3) is 3.04. The van der Waals surface area contributed by atoms with Gasteiger partial charge < -0.3 is 0 Å². The van der Waals surface area contributed by atoms with Crippen molar-refractivity contribution in [1.82, 2.24) is 9.71 Å². The molecule has 0 fully saturated rings. The third-order valence-corrected chi connectivity index (χ3v) is 5.38. The summed E-state index contributed by atoms with van der Waals surface area (Å²) >= 11 is 1.40. The molecule has 1 aromatic heterocycles. The van der Waals surface area contributed by atoms with Gasteiger partial charge in [-0.25, -0.2) is 18.1 Å². The maximum Gasteiger partial charge on any atom is 0.242 e. The second-order valence-corrected chi connectivity index (χ2v) is 6.85.